The smallest absolute Gasteiger partial charge is 0.807 e. The molecule has 0 amide bonds. The first-order valence-corrected chi connectivity index (χ1v) is 16.0. The zero-order valence-electron chi connectivity index (χ0n) is 28.1. The van der Waals surface area contributed by atoms with Crippen LogP contribution >= 0.6 is 14.1 Å². The van der Waals surface area contributed by atoms with Crippen molar-refractivity contribution in [2.24, 2.45) is 0 Å². The van der Waals surface area contributed by atoms with Gasteiger partial charge in [0, 0.05) is 0 Å². The molecular formula is C28H66N4P2V. The van der Waals surface area contributed by atoms with Gasteiger partial charge in [-0.2, -0.15) is 28.2 Å². The minimum Gasteiger partial charge on any atom is -0.807 e. The molecule has 35 heavy (non-hydrogen) atoms. The van der Waals surface area contributed by atoms with E-state index in [4.69, 9.17) is 0 Å². The van der Waals surface area contributed by atoms with Crippen LogP contribution in [0.25, 0.3) is 21.0 Å². The van der Waals surface area contributed by atoms with Gasteiger partial charge in [-0.15, -0.1) is 0 Å². The summed E-state index contributed by atoms with van der Waals surface area (Å²) in [5.74, 6) is 0. The van der Waals surface area contributed by atoms with Crippen LogP contribution in [0.5, 0.6) is 0 Å². The van der Waals surface area contributed by atoms with Gasteiger partial charge < -0.3 is 21.0 Å². The molecule has 0 saturated heterocycles. The van der Waals surface area contributed by atoms with E-state index in [1.807, 2.05) is 0 Å². The van der Waals surface area contributed by atoms with Crippen molar-refractivity contribution in [1.82, 2.24) is 0 Å². The second kappa shape index (κ2) is 15.5. The van der Waals surface area contributed by atoms with Crippen molar-refractivity contribution in [2.45, 2.75) is 156 Å². The Morgan fingerprint density at radius 2 is 0.400 bits per heavy atom. The Labute approximate surface area is 236 Å². The molecule has 0 rings (SSSR count). The molecule has 0 fully saturated rings. The third kappa shape index (κ3) is 12.6. The van der Waals surface area contributed by atoms with Gasteiger partial charge in [-0.3, -0.25) is 0 Å². The summed E-state index contributed by atoms with van der Waals surface area (Å²) >= 11 is 0. The van der Waals surface area contributed by atoms with E-state index in [0.29, 0.717) is 0 Å². The SMILES string of the molecule is CC(C)(C)P(=[N-])(C(C)(C)C)C(C)(C)C.CC(C)(C)P(=[N-])(C(C)(C)C)C(C)(C)C.C[N-]C.C[N-]C.[V+4]. The van der Waals surface area contributed by atoms with Gasteiger partial charge in [0.2, 0.25) is 0 Å². The molecule has 0 aromatic carbocycles. The second-order valence-corrected chi connectivity index (χ2v) is 25.8. The van der Waals surface area contributed by atoms with E-state index in [9.17, 15) is 10.3 Å². The maximum absolute atomic E-state index is 11.1. The zero-order chi connectivity index (χ0) is 29.4. The minimum absolute atomic E-state index is 0. The molecule has 0 bridgehead atoms. The zero-order valence-corrected chi connectivity index (χ0v) is 31.3. The van der Waals surface area contributed by atoms with E-state index in [0.717, 1.165) is 0 Å². The van der Waals surface area contributed by atoms with Crippen molar-refractivity contribution in [1.29, 1.82) is 0 Å². The maximum Gasteiger partial charge on any atom is 4.00 e. The molecule has 0 aliphatic heterocycles. The molecule has 4 nitrogen and oxygen atoms in total. The summed E-state index contributed by atoms with van der Waals surface area (Å²) in [6.45, 7) is 39.0. The van der Waals surface area contributed by atoms with Gasteiger partial charge in [-0.1, -0.05) is 125 Å². The Bertz CT molecular complexity index is 502. The molecule has 0 aliphatic rings. The number of hydrogen-bond acceptors (Lipinski definition) is 0. The van der Waals surface area contributed by atoms with Gasteiger partial charge in [0.15, 0.2) is 0 Å². The van der Waals surface area contributed by atoms with Crippen LogP contribution in [0, 0.1) is 0 Å². The third-order valence-electron chi connectivity index (χ3n) is 5.82. The Morgan fingerprint density at radius 1 is 0.343 bits per heavy atom. The Kier molecular flexibility index (Phi) is 20.3. The van der Waals surface area contributed by atoms with Crippen LogP contribution in [0.3, 0.4) is 0 Å². The summed E-state index contributed by atoms with van der Waals surface area (Å²) in [5.41, 5.74) is 0. The quantitative estimate of drug-likeness (QED) is 0.259. The van der Waals surface area contributed by atoms with Crippen LogP contribution in [-0.2, 0) is 18.6 Å². The molecular weight excluding hydrogens is 505 g/mol. The van der Waals surface area contributed by atoms with Gasteiger partial charge in [0.1, 0.15) is 0 Å². The molecule has 0 atom stereocenters. The molecule has 0 aromatic heterocycles. The Morgan fingerprint density at radius 3 is 0.400 bits per heavy atom. The molecule has 0 unspecified atom stereocenters. The van der Waals surface area contributed by atoms with E-state index in [1.54, 1.807) is 28.2 Å². The molecule has 0 heterocycles. The molecule has 1 radical (unpaired) electrons. The van der Waals surface area contributed by atoms with E-state index in [1.165, 1.54) is 0 Å². The van der Waals surface area contributed by atoms with Crippen molar-refractivity contribution in [3.05, 3.63) is 21.0 Å². The predicted molar refractivity (Wildman–Crippen MR) is 169 cm³/mol. The first-order valence-electron chi connectivity index (χ1n) is 12.5. The molecule has 7 heteroatoms. The van der Waals surface area contributed by atoms with Gasteiger partial charge in [0.25, 0.3) is 0 Å². The second-order valence-electron chi connectivity index (χ2n) is 15.2. The van der Waals surface area contributed by atoms with Crippen molar-refractivity contribution >= 4 is 14.1 Å². The summed E-state index contributed by atoms with van der Waals surface area (Å²) in [6.07, 6.45) is 0. The van der Waals surface area contributed by atoms with Gasteiger partial charge in [-0.25, -0.2) is 14.1 Å². The van der Waals surface area contributed by atoms with Crippen LogP contribution < -0.4 is 0 Å². The first-order chi connectivity index (χ1) is 14.3. The first kappa shape index (κ1) is 45.9. The molecule has 0 N–H and O–H groups in total. The van der Waals surface area contributed by atoms with Crippen molar-refractivity contribution in [3.63, 3.8) is 0 Å². The summed E-state index contributed by atoms with van der Waals surface area (Å²) in [5, 5.41) is 29.2. The summed E-state index contributed by atoms with van der Waals surface area (Å²) in [6, 6.07) is 0. The molecule has 213 valence electrons. The molecule has 0 aromatic rings. The molecule has 0 spiro atoms. The van der Waals surface area contributed by atoms with Crippen LogP contribution in [0.15, 0.2) is 0 Å². The van der Waals surface area contributed by atoms with Crippen LogP contribution in [0.4, 0.5) is 0 Å². The summed E-state index contributed by atoms with van der Waals surface area (Å²) in [7, 11) is 2.96. The van der Waals surface area contributed by atoms with Gasteiger partial charge in [-0.05, 0) is 30.9 Å². The van der Waals surface area contributed by atoms with Crippen LogP contribution in [0.2, 0.25) is 0 Å². The fraction of sp³-hybridized carbons (Fsp3) is 1.00. The standard InChI is InChI=1S/2C12H27NP.2C2H6N.V/c2*1-10(2,3)14(13,11(4,5)6)12(7,8)9;2*1-3-2;/h2*1-9H3;2*1-2H3;/q4*-1;+4. The van der Waals surface area contributed by atoms with E-state index in [-0.39, 0.29) is 49.5 Å². The Hall–Kier alpha value is 0.964. The van der Waals surface area contributed by atoms with Crippen LogP contribution in [0.1, 0.15) is 125 Å². The van der Waals surface area contributed by atoms with E-state index < -0.39 is 14.1 Å². The topological polar surface area (TPSA) is 72.8 Å². The summed E-state index contributed by atoms with van der Waals surface area (Å²) < 4.78 is 0. The normalized spacial score (nSPS) is 13.7. The Balaban J connectivity index is -0.000000136. The monoisotopic (exact) mass is 571 g/mol. The van der Waals surface area contributed by atoms with Crippen molar-refractivity contribution in [2.75, 3.05) is 28.2 Å². The van der Waals surface area contributed by atoms with Crippen LogP contribution in [-0.4, -0.2) is 59.1 Å². The van der Waals surface area contributed by atoms with E-state index in [2.05, 4.69) is 135 Å². The number of hydrogen-bond donors (Lipinski definition) is 0. The van der Waals surface area contributed by atoms with Gasteiger partial charge >= 0.3 is 18.6 Å². The summed E-state index contributed by atoms with van der Waals surface area (Å²) in [4.78, 5) is 0. The van der Waals surface area contributed by atoms with Gasteiger partial charge in [0.05, 0.1) is 0 Å². The fourth-order valence-electron chi connectivity index (χ4n) is 6.04. The van der Waals surface area contributed by atoms with Crippen molar-refractivity contribution in [3.8, 4) is 0 Å². The number of rotatable bonds is 0. The average molecular weight is 572 g/mol. The minimum atomic E-state index is -2.02. The average Bonchev–Trinajstić information content (AvgIpc) is 2.49. The molecule has 0 aliphatic carbocycles. The predicted octanol–water partition coefficient (Wildman–Crippen LogP) is 11.5. The largest absolute Gasteiger partial charge is 4.00 e. The number of nitrogens with zero attached hydrogens (tertiary/aromatic N) is 4. The molecule has 0 saturated carbocycles. The van der Waals surface area contributed by atoms with Crippen molar-refractivity contribution < 1.29 is 18.6 Å². The fourth-order valence-corrected chi connectivity index (χ4v) is 18.1. The maximum atomic E-state index is 11.1. The van der Waals surface area contributed by atoms with E-state index >= 15 is 0 Å². The third-order valence-corrected chi connectivity index (χ3v) is 17.5.